The van der Waals surface area contributed by atoms with Crippen molar-refractivity contribution in [3.8, 4) is 17.2 Å². The number of aromatic nitrogens is 2. The Hall–Kier alpha value is -2.08. The van der Waals surface area contributed by atoms with Gasteiger partial charge in [0.1, 0.15) is 12.4 Å². The minimum atomic E-state index is 0.0541. The average molecular weight is 220 g/mol. The van der Waals surface area contributed by atoms with E-state index in [9.17, 15) is 0 Å². The van der Waals surface area contributed by atoms with E-state index in [-0.39, 0.29) is 6.01 Å². The molecular formula is C10H12N4O2. The van der Waals surface area contributed by atoms with E-state index in [4.69, 9.17) is 20.6 Å². The van der Waals surface area contributed by atoms with Crippen LogP contribution in [0.15, 0.2) is 28.7 Å². The Balaban J connectivity index is 2.13. The van der Waals surface area contributed by atoms with Gasteiger partial charge in [0.15, 0.2) is 0 Å². The second-order valence-electron chi connectivity index (χ2n) is 3.11. The maximum atomic E-state index is 5.33. The van der Waals surface area contributed by atoms with E-state index in [1.54, 1.807) is 0 Å². The van der Waals surface area contributed by atoms with Crippen LogP contribution in [0, 0.1) is 0 Å². The average Bonchev–Trinajstić information content (AvgIpc) is 2.74. The molecule has 2 rings (SSSR count). The summed E-state index contributed by atoms with van der Waals surface area (Å²) in [6.45, 7) is 0.981. The van der Waals surface area contributed by atoms with Crippen LogP contribution in [0.4, 0.5) is 6.01 Å². The summed E-state index contributed by atoms with van der Waals surface area (Å²) in [4.78, 5) is 0. The summed E-state index contributed by atoms with van der Waals surface area (Å²) in [5.41, 5.74) is 11.5. The summed E-state index contributed by atoms with van der Waals surface area (Å²) in [6, 6.07) is 7.31. The van der Waals surface area contributed by atoms with Gasteiger partial charge in [-0.1, -0.05) is 5.10 Å². The normalized spacial score (nSPS) is 10.3. The van der Waals surface area contributed by atoms with Gasteiger partial charge in [-0.15, -0.1) is 5.10 Å². The van der Waals surface area contributed by atoms with Gasteiger partial charge in [-0.05, 0) is 24.3 Å². The van der Waals surface area contributed by atoms with Crippen LogP contribution in [0.25, 0.3) is 11.5 Å². The lowest BCUT2D eigenvalue weighted by molar-refractivity contribution is 0.328. The first-order valence-electron chi connectivity index (χ1n) is 4.82. The lowest BCUT2D eigenvalue weighted by Crippen LogP contribution is -2.10. The van der Waals surface area contributed by atoms with E-state index >= 15 is 0 Å². The van der Waals surface area contributed by atoms with Crippen LogP contribution in [0.2, 0.25) is 0 Å². The van der Waals surface area contributed by atoms with Crippen LogP contribution in [0.1, 0.15) is 0 Å². The molecule has 84 valence electrons. The molecule has 0 bridgehead atoms. The Bertz CT molecular complexity index is 452. The van der Waals surface area contributed by atoms with Crippen LogP contribution in [0.5, 0.6) is 5.75 Å². The maximum absolute atomic E-state index is 5.33. The summed E-state index contributed by atoms with van der Waals surface area (Å²) in [5, 5.41) is 7.35. The van der Waals surface area contributed by atoms with E-state index < -0.39 is 0 Å². The Kier molecular flexibility index (Phi) is 3.02. The quantitative estimate of drug-likeness (QED) is 0.784. The van der Waals surface area contributed by atoms with Crippen LogP contribution in [-0.4, -0.2) is 23.3 Å². The molecule has 16 heavy (non-hydrogen) atoms. The molecule has 0 saturated heterocycles. The highest BCUT2D eigenvalue weighted by atomic mass is 16.5. The van der Waals surface area contributed by atoms with Crippen molar-refractivity contribution in [2.45, 2.75) is 0 Å². The number of nitrogens with two attached hydrogens (primary N) is 2. The maximum Gasteiger partial charge on any atom is 0.313 e. The van der Waals surface area contributed by atoms with Gasteiger partial charge in [0.25, 0.3) is 0 Å². The largest absolute Gasteiger partial charge is 0.492 e. The zero-order chi connectivity index (χ0) is 11.4. The molecule has 6 heteroatoms. The van der Waals surface area contributed by atoms with Crippen molar-refractivity contribution < 1.29 is 9.15 Å². The van der Waals surface area contributed by atoms with Gasteiger partial charge in [-0.3, -0.25) is 0 Å². The van der Waals surface area contributed by atoms with Crippen LogP contribution < -0.4 is 16.2 Å². The molecule has 4 N–H and O–H groups in total. The first kappa shape index (κ1) is 10.4. The number of anilines is 1. The highest BCUT2D eigenvalue weighted by molar-refractivity contribution is 5.54. The number of hydrogen-bond acceptors (Lipinski definition) is 6. The Labute approximate surface area is 92.2 Å². The van der Waals surface area contributed by atoms with Crippen molar-refractivity contribution in [3.63, 3.8) is 0 Å². The summed E-state index contributed by atoms with van der Waals surface area (Å²) in [5.74, 6) is 1.14. The molecule has 1 aromatic carbocycles. The summed E-state index contributed by atoms with van der Waals surface area (Å²) >= 11 is 0. The van der Waals surface area contributed by atoms with Crippen molar-refractivity contribution in [2.75, 3.05) is 18.9 Å². The predicted octanol–water partition coefficient (Wildman–Crippen LogP) is 0.656. The Morgan fingerprint density at radius 3 is 2.50 bits per heavy atom. The fourth-order valence-corrected chi connectivity index (χ4v) is 1.22. The molecule has 0 atom stereocenters. The molecule has 0 amide bonds. The molecule has 1 heterocycles. The van der Waals surface area contributed by atoms with Crippen molar-refractivity contribution in [1.82, 2.24) is 10.2 Å². The number of hydrogen-bond donors (Lipinski definition) is 2. The van der Waals surface area contributed by atoms with Gasteiger partial charge < -0.3 is 20.6 Å². The second-order valence-corrected chi connectivity index (χ2v) is 3.11. The molecule has 1 aromatic heterocycles. The third-order valence-corrected chi connectivity index (χ3v) is 1.93. The minimum absolute atomic E-state index is 0.0541. The lowest BCUT2D eigenvalue weighted by atomic mass is 10.2. The molecular weight excluding hydrogens is 208 g/mol. The van der Waals surface area contributed by atoms with Crippen molar-refractivity contribution in [3.05, 3.63) is 24.3 Å². The van der Waals surface area contributed by atoms with E-state index in [2.05, 4.69) is 10.2 Å². The zero-order valence-electron chi connectivity index (χ0n) is 8.59. The summed E-state index contributed by atoms with van der Waals surface area (Å²) in [7, 11) is 0. The molecule has 0 unspecified atom stereocenters. The highest BCUT2D eigenvalue weighted by Gasteiger charge is 2.05. The van der Waals surface area contributed by atoms with Gasteiger partial charge in [0, 0.05) is 12.1 Å². The van der Waals surface area contributed by atoms with Crippen LogP contribution in [0.3, 0.4) is 0 Å². The minimum Gasteiger partial charge on any atom is -0.492 e. The molecule has 2 aromatic rings. The van der Waals surface area contributed by atoms with E-state index in [1.165, 1.54) is 0 Å². The number of nitrogen functional groups attached to an aromatic ring is 1. The second kappa shape index (κ2) is 4.63. The van der Waals surface area contributed by atoms with Gasteiger partial charge >= 0.3 is 6.01 Å². The molecule has 0 aliphatic heterocycles. The first-order valence-corrected chi connectivity index (χ1v) is 4.82. The molecule has 0 spiro atoms. The van der Waals surface area contributed by atoms with E-state index in [0.717, 1.165) is 11.3 Å². The number of ether oxygens (including phenoxy) is 1. The highest BCUT2D eigenvalue weighted by Crippen LogP contribution is 2.21. The molecule has 6 nitrogen and oxygen atoms in total. The fraction of sp³-hybridized carbons (Fsp3) is 0.200. The van der Waals surface area contributed by atoms with Gasteiger partial charge in [-0.2, -0.15) is 0 Å². The summed E-state index contributed by atoms with van der Waals surface area (Å²) < 4.78 is 10.4. The topological polar surface area (TPSA) is 100 Å². The number of benzene rings is 1. The van der Waals surface area contributed by atoms with Crippen molar-refractivity contribution in [1.29, 1.82) is 0 Å². The third-order valence-electron chi connectivity index (χ3n) is 1.93. The molecule has 0 aliphatic carbocycles. The Morgan fingerprint density at radius 2 is 1.94 bits per heavy atom. The molecule has 0 fully saturated rings. The zero-order valence-corrected chi connectivity index (χ0v) is 8.59. The van der Waals surface area contributed by atoms with Gasteiger partial charge in [0.05, 0.1) is 0 Å². The SMILES string of the molecule is NCCOc1ccc(-c2nnc(N)o2)cc1. The fourth-order valence-electron chi connectivity index (χ4n) is 1.22. The van der Waals surface area contributed by atoms with Crippen molar-refractivity contribution >= 4 is 6.01 Å². The van der Waals surface area contributed by atoms with Crippen LogP contribution >= 0.6 is 0 Å². The van der Waals surface area contributed by atoms with E-state index in [1.807, 2.05) is 24.3 Å². The molecule has 0 saturated carbocycles. The predicted molar refractivity (Wildman–Crippen MR) is 58.7 cm³/mol. The first-order chi connectivity index (χ1) is 7.79. The standard InChI is InChI=1S/C10H12N4O2/c11-5-6-15-8-3-1-7(2-4-8)9-13-14-10(12)16-9/h1-4H,5-6,11H2,(H2,12,14). The monoisotopic (exact) mass is 220 g/mol. The summed E-state index contributed by atoms with van der Waals surface area (Å²) in [6.07, 6.45) is 0. The van der Waals surface area contributed by atoms with Gasteiger partial charge in [0.2, 0.25) is 5.89 Å². The smallest absolute Gasteiger partial charge is 0.313 e. The van der Waals surface area contributed by atoms with Crippen LogP contribution in [-0.2, 0) is 0 Å². The molecule has 0 radical (unpaired) electrons. The Morgan fingerprint density at radius 1 is 1.19 bits per heavy atom. The number of nitrogens with zero attached hydrogens (tertiary/aromatic N) is 2. The van der Waals surface area contributed by atoms with Gasteiger partial charge in [-0.25, -0.2) is 0 Å². The van der Waals surface area contributed by atoms with E-state index in [0.29, 0.717) is 19.0 Å². The molecule has 0 aliphatic rings. The number of rotatable bonds is 4. The third kappa shape index (κ3) is 2.29. The lowest BCUT2D eigenvalue weighted by Gasteiger charge is -2.03. The van der Waals surface area contributed by atoms with Crippen molar-refractivity contribution in [2.24, 2.45) is 5.73 Å².